The van der Waals surface area contributed by atoms with Gasteiger partial charge in [-0.15, -0.1) is 0 Å². The van der Waals surface area contributed by atoms with Gasteiger partial charge in [-0.25, -0.2) is 0 Å². The third-order valence-corrected chi connectivity index (χ3v) is 4.00. The highest BCUT2D eigenvalue weighted by Crippen LogP contribution is 2.00. The summed E-state index contributed by atoms with van der Waals surface area (Å²) in [6.07, 6.45) is 0.920. The van der Waals surface area contributed by atoms with Crippen LogP contribution in [0.1, 0.15) is 25.8 Å². The molecule has 0 atom stereocenters. The minimum Gasteiger partial charge on any atom is -0.381 e. The van der Waals surface area contributed by atoms with Crippen molar-refractivity contribution in [1.29, 1.82) is 0 Å². The Morgan fingerprint density at radius 2 is 0.935 bits per heavy atom. The summed E-state index contributed by atoms with van der Waals surface area (Å²) in [5.74, 6) is 0.582. The van der Waals surface area contributed by atoms with E-state index in [1.165, 1.54) is 5.56 Å². The van der Waals surface area contributed by atoms with Crippen LogP contribution in [0.4, 0.5) is 0 Å². The van der Waals surface area contributed by atoms with Gasteiger partial charge < -0.3 is 33.2 Å². The summed E-state index contributed by atoms with van der Waals surface area (Å²) in [5.41, 5.74) is 1.17. The van der Waals surface area contributed by atoms with Crippen molar-refractivity contribution in [2.24, 2.45) is 5.92 Å². The summed E-state index contributed by atoms with van der Waals surface area (Å²) in [6.45, 7) is 12.8. The Hall–Kier alpha value is -1.06. The van der Waals surface area contributed by atoms with E-state index in [9.17, 15) is 0 Å². The van der Waals surface area contributed by atoms with Gasteiger partial charge in [0.25, 0.3) is 0 Å². The Kier molecular flexibility index (Phi) is 20.0. The first kappa shape index (κ1) is 28.0. The van der Waals surface area contributed by atoms with Crippen LogP contribution >= 0.6 is 0 Å². The van der Waals surface area contributed by atoms with E-state index in [0.717, 1.165) is 19.6 Å². The van der Waals surface area contributed by atoms with Crippen LogP contribution in [-0.4, -0.2) is 85.9 Å². The molecule has 0 saturated heterocycles. The molecule has 7 nitrogen and oxygen atoms in total. The molecule has 0 radical (unpaired) electrons. The molecule has 0 aliphatic rings. The summed E-state index contributed by atoms with van der Waals surface area (Å²) >= 11 is 0. The molecule has 0 spiro atoms. The van der Waals surface area contributed by atoms with Crippen molar-refractivity contribution >= 4 is 0 Å². The molecule has 0 unspecified atom stereocenters. The Morgan fingerprint density at radius 1 is 0.516 bits per heavy atom. The molecule has 0 amide bonds. The highest BCUT2D eigenvalue weighted by atomic mass is 16.6. The molecule has 1 aromatic rings. The summed E-state index contributed by atoms with van der Waals surface area (Å²) < 4.78 is 38.4. The fourth-order valence-corrected chi connectivity index (χ4v) is 2.45. The molecule has 0 fully saturated rings. The maximum Gasteiger partial charge on any atom is 0.0718 e. The zero-order chi connectivity index (χ0) is 22.2. The SMILES string of the molecule is CC(C)COCCCOCCOCCOCCOCCOCCOCc1ccccc1. The van der Waals surface area contributed by atoms with E-state index in [-0.39, 0.29) is 0 Å². The lowest BCUT2D eigenvalue weighted by atomic mass is 10.2. The van der Waals surface area contributed by atoms with Gasteiger partial charge in [-0.3, -0.25) is 0 Å². The van der Waals surface area contributed by atoms with Crippen LogP contribution in [0.2, 0.25) is 0 Å². The van der Waals surface area contributed by atoms with Crippen molar-refractivity contribution in [3.63, 3.8) is 0 Å². The first-order chi connectivity index (χ1) is 15.3. The van der Waals surface area contributed by atoms with Gasteiger partial charge in [-0.05, 0) is 17.9 Å². The Labute approximate surface area is 188 Å². The molecule has 0 saturated carbocycles. The monoisotopic (exact) mass is 442 g/mol. The van der Waals surface area contributed by atoms with Gasteiger partial charge in [0.1, 0.15) is 0 Å². The minimum atomic E-state index is 0.551. The third kappa shape index (κ3) is 20.6. The van der Waals surface area contributed by atoms with Crippen molar-refractivity contribution in [2.75, 3.05) is 85.9 Å². The lowest BCUT2D eigenvalue weighted by Gasteiger charge is -2.09. The molecule has 0 N–H and O–H groups in total. The van der Waals surface area contributed by atoms with E-state index in [1.54, 1.807) is 0 Å². The zero-order valence-corrected chi connectivity index (χ0v) is 19.4. The molecule has 0 aromatic heterocycles. The predicted molar refractivity (Wildman–Crippen MR) is 120 cm³/mol. The summed E-state index contributed by atoms with van der Waals surface area (Å²) in [6, 6.07) is 10.1. The van der Waals surface area contributed by atoms with Gasteiger partial charge in [0.05, 0.1) is 72.7 Å². The third-order valence-electron chi connectivity index (χ3n) is 4.00. The largest absolute Gasteiger partial charge is 0.381 e. The van der Waals surface area contributed by atoms with Gasteiger partial charge in [0.15, 0.2) is 0 Å². The maximum atomic E-state index is 5.55. The van der Waals surface area contributed by atoms with Crippen molar-refractivity contribution in [3.8, 4) is 0 Å². The van der Waals surface area contributed by atoms with Crippen LogP contribution in [0.15, 0.2) is 30.3 Å². The Bertz CT molecular complexity index is 470. The Balaban J connectivity index is 1.66. The number of rotatable bonds is 23. The van der Waals surface area contributed by atoms with Gasteiger partial charge in [0, 0.05) is 19.8 Å². The van der Waals surface area contributed by atoms with Crippen molar-refractivity contribution in [1.82, 2.24) is 0 Å². The number of hydrogen-bond donors (Lipinski definition) is 0. The molecule has 1 aromatic carbocycles. The molecule has 0 aliphatic carbocycles. The highest BCUT2D eigenvalue weighted by molar-refractivity contribution is 5.13. The second-order valence-corrected chi connectivity index (χ2v) is 7.42. The average Bonchev–Trinajstić information content (AvgIpc) is 2.77. The number of ether oxygens (including phenoxy) is 7. The minimum absolute atomic E-state index is 0.551. The zero-order valence-electron chi connectivity index (χ0n) is 19.4. The van der Waals surface area contributed by atoms with Gasteiger partial charge in [0.2, 0.25) is 0 Å². The molecular weight excluding hydrogens is 400 g/mol. The topological polar surface area (TPSA) is 64.6 Å². The fraction of sp³-hybridized carbons (Fsp3) is 0.750. The first-order valence-corrected chi connectivity index (χ1v) is 11.4. The summed E-state index contributed by atoms with van der Waals surface area (Å²) in [4.78, 5) is 0. The standard InChI is InChI=1S/C24H42O7/c1-23(2)21-30-10-6-9-25-11-12-26-13-14-27-15-16-28-17-18-29-19-20-31-22-24-7-4-3-5-8-24/h3-5,7-8,23H,6,9-22H2,1-2H3. The molecule has 180 valence electrons. The lowest BCUT2D eigenvalue weighted by Crippen LogP contribution is -2.14. The smallest absolute Gasteiger partial charge is 0.0718 e. The molecule has 0 heterocycles. The van der Waals surface area contributed by atoms with Crippen LogP contribution in [0.3, 0.4) is 0 Å². The van der Waals surface area contributed by atoms with E-state index in [1.807, 2.05) is 30.3 Å². The average molecular weight is 443 g/mol. The van der Waals surface area contributed by atoms with Crippen LogP contribution in [0.5, 0.6) is 0 Å². The van der Waals surface area contributed by atoms with E-state index >= 15 is 0 Å². The normalized spacial score (nSPS) is 11.5. The van der Waals surface area contributed by atoms with Crippen molar-refractivity contribution in [3.05, 3.63) is 35.9 Å². The fourth-order valence-electron chi connectivity index (χ4n) is 2.45. The van der Waals surface area contributed by atoms with E-state index in [4.69, 9.17) is 33.2 Å². The van der Waals surface area contributed by atoms with Crippen LogP contribution < -0.4 is 0 Å². The first-order valence-electron chi connectivity index (χ1n) is 11.4. The van der Waals surface area contributed by atoms with Crippen molar-refractivity contribution < 1.29 is 33.2 Å². The summed E-state index contributed by atoms with van der Waals surface area (Å²) in [5, 5.41) is 0. The molecule has 7 heteroatoms. The molecule has 1 rings (SSSR count). The van der Waals surface area contributed by atoms with Crippen molar-refractivity contribution in [2.45, 2.75) is 26.9 Å². The van der Waals surface area contributed by atoms with Crippen LogP contribution in [0.25, 0.3) is 0 Å². The number of benzene rings is 1. The van der Waals surface area contributed by atoms with Gasteiger partial charge in [-0.2, -0.15) is 0 Å². The maximum absolute atomic E-state index is 5.55. The quantitative estimate of drug-likeness (QED) is 0.241. The van der Waals surface area contributed by atoms with E-state index in [2.05, 4.69) is 13.8 Å². The number of hydrogen-bond acceptors (Lipinski definition) is 7. The highest BCUT2D eigenvalue weighted by Gasteiger charge is 1.96. The molecule has 0 aliphatic heterocycles. The van der Waals surface area contributed by atoms with Gasteiger partial charge >= 0.3 is 0 Å². The van der Waals surface area contributed by atoms with E-state index < -0.39 is 0 Å². The predicted octanol–water partition coefficient (Wildman–Crippen LogP) is 3.35. The van der Waals surface area contributed by atoms with Crippen LogP contribution in [0, 0.1) is 5.92 Å². The van der Waals surface area contributed by atoms with Gasteiger partial charge in [-0.1, -0.05) is 44.2 Å². The second-order valence-electron chi connectivity index (χ2n) is 7.42. The van der Waals surface area contributed by atoms with Crippen LogP contribution in [-0.2, 0) is 39.8 Å². The van der Waals surface area contributed by atoms with E-state index in [0.29, 0.717) is 85.2 Å². The lowest BCUT2D eigenvalue weighted by molar-refractivity contribution is -0.0185. The second kappa shape index (κ2) is 22.1. The Morgan fingerprint density at radius 3 is 1.42 bits per heavy atom. The molecule has 31 heavy (non-hydrogen) atoms. The summed E-state index contributed by atoms with van der Waals surface area (Å²) in [7, 11) is 0. The molecular formula is C24H42O7. The molecule has 0 bridgehead atoms.